The Morgan fingerprint density at radius 1 is 1.62 bits per heavy atom. The Morgan fingerprint density at radius 2 is 2.31 bits per heavy atom. The van der Waals surface area contributed by atoms with Crippen molar-refractivity contribution in [1.29, 1.82) is 0 Å². The largest absolute Gasteiger partial charge is 0.391 e. The molecule has 1 atom stereocenters. The molecule has 1 aliphatic carbocycles. The van der Waals surface area contributed by atoms with E-state index in [1.165, 1.54) is 4.57 Å². The van der Waals surface area contributed by atoms with Crippen molar-refractivity contribution < 1.29 is 5.11 Å². The lowest BCUT2D eigenvalue weighted by atomic mass is 10.2. The van der Waals surface area contributed by atoms with E-state index in [9.17, 15) is 9.90 Å². The van der Waals surface area contributed by atoms with Gasteiger partial charge in [-0.05, 0) is 18.8 Å². The number of imidazole rings is 1. The Hall–Kier alpha value is -1.03. The van der Waals surface area contributed by atoms with Gasteiger partial charge in [-0.1, -0.05) is 0 Å². The van der Waals surface area contributed by atoms with Gasteiger partial charge in [-0.25, -0.2) is 4.79 Å². The number of aliphatic hydroxyl groups is 1. The van der Waals surface area contributed by atoms with E-state index < -0.39 is 0 Å². The van der Waals surface area contributed by atoms with E-state index in [0.717, 1.165) is 12.8 Å². The van der Waals surface area contributed by atoms with Crippen LogP contribution in [0, 0.1) is 5.92 Å². The lowest BCUT2D eigenvalue weighted by Crippen LogP contribution is -2.28. The van der Waals surface area contributed by atoms with Gasteiger partial charge in [0, 0.05) is 19.4 Å². The monoisotopic (exact) mass is 182 g/mol. The van der Waals surface area contributed by atoms with Crippen LogP contribution in [0.4, 0.5) is 0 Å². The third kappa shape index (κ3) is 1.67. The molecule has 13 heavy (non-hydrogen) atoms. The fourth-order valence-electron chi connectivity index (χ4n) is 1.48. The number of aliphatic hydroxyl groups excluding tert-OH is 1. The van der Waals surface area contributed by atoms with E-state index in [0.29, 0.717) is 12.5 Å². The Morgan fingerprint density at radius 3 is 2.77 bits per heavy atom. The molecule has 0 aromatic carbocycles. The minimum atomic E-state index is -0.347. The van der Waals surface area contributed by atoms with Crippen LogP contribution in [0.2, 0.25) is 0 Å². The van der Waals surface area contributed by atoms with Crippen LogP contribution in [-0.4, -0.2) is 20.3 Å². The molecule has 0 aliphatic heterocycles. The number of hydrogen-bond acceptors (Lipinski definition) is 2. The highest BCUT2D eigenvalue weighted by atomic mass is 16.3. The highest BCUT2D eigenvalue weighted by Gasteiger charge is 2.29. The van der Waals surface area contributed by atoms with E-state index in [1.807, 2.05) is 0 Å². The summed E-state index contributed by atoms with van der Waals surface area (Å²) in [5.41, 5.74) is -0.0558. The zero-order valence-electron chi connectivity index (χ0n) is 7.68. The standard InChI is InChI=1S/C9H14N2O2/c1-10-4-5-11(9(10)13)6-8(12)7-2-3-7/h4-5,7-8,12H,2-3,6H2,1H3. The number of aryl methyl sites for hydroxylation is 1. The summed E-state index contributed by atoms with van der Waals surface area (Å²) in [6.07, 6.45) is 5.28. The summed E-state index contributed by atoms with van der Waals surface area (Å²) in [5.74, 6) is 0.423. The van der Waals surface area contributed by atoms with Crippen molar-refractivity contribution in [2.75, 3.05) is 0 Å². The molecule has 0 bridgehead atoms. The third-order valence-electron chi connectivity index (χ3n) is 2.57. The topological polar surface area (TPSA) is 47.2 Å². The lowest BCUT2D eigenvalue weighted by Gasteiger charge is -2.08. The van der Waals surface area contributed by atoms with E-state index in [1.54, 1.807) is 24.0 Å². The van der Waals surface area contributed by atoms with Crippen molar-refractivity contribution in [3.8, 4) is 0 Å². The minimum Gasteiger partial charge on any atom is -0.391 e. The highest BCUT2D eigenvalue weighted by molar-refractivity contribution is 4.85. The van der Waals surface area contributed by atoms with Gasteiger partial charge in [0.1, 0.15) is 0 Å². The summed E-state index contributed by atoms with van der Waals surface area (Å²) in [7, 11) is 1.71. The van der Waals surface area contributed by atoms with Crippen LogP contribution in [0.25, 0.3) is 0 Å². The van der Waals surface area contributed by atoms with Gasteiger partial charge in [0.15, 0.2) is 0 Å². The molecule has 1 saturated carbocycles. The Bertz CT molecular complexity index is 349. The maximum absolute atomic E-state index is 11.4. The molecule has 1 fully saturated rings. The quantitative estimate of drug-likeness (QED) is 0.713. The van der Waals surface area contributed by atoms with Gasteiger partial charge in [-0.2, -0.15) is 0 Å². The maximum Gasteiger partial charge on any atom is 0.327 e. The first kappa shape index (κ1) is 8.56. The average Bonchev–Trinajstić information content (AvgIpc) is 2.89. The molecule has 1 heterocycles. The molecule has 0 radical (unpaired) electrons. The van der Waals surface area contributed by atoms with Crippen molar-refractivity contribution in [3.63, 3.8) is 0 Å². The van der Waals surface area contributed by atoms with Gasteiger partial charge >= 0.3 is 5.69 Å². The molecule has 4 nitrogen and oxygen atoms in total. The summed E-state index contributed by atoms with van der Waals surface area (Å²) in [4.78, 5) is 11.4. The molecule has 1 unspecified atom stereocenters. The van der Waals surface area contributed by atoms with Crippen LogP contribution >= 0.6 is 0 Å². The van der Waals surface area contributed by atoms with Crippen LogP contribution in [0.1, 0.15) is 12.8 Å². The van der Waals surface area contributed by atoms with Crippen molar-refractivity contribution in [2.45, 2.75) is 25.5 Å². The molecular formula is C9H14N2O2. The van der Waals surface area contributed by atoms with Crippen molar-refractivity contribution in [3.05, 3.63) is 22.9 Å². The van der Waals surface area contributed by atoms with Gasteiger partial charge in [0.25, 0.3) is 0 Å². The van der Waals surface area contributed by atoms with E-state index in [4.69, 9.17) is 0 Å². The second-order valence-corrected chi connectivity index (χ2v) is 3.75. The molecule has 72 valence electrons. The van der Waals surface area contributed by atoms with Gasteiger partial charge < -0.3 is 9.67 Å². The molecule has 1 aliphatic rings. The fraction of sp³-hybridized carbons (Fsp3) is 0.667. The van der Waals surface area contributed by atoms with E-state index in [-0.39, 0.29) is 11.8 Å². The summed E-state index contributed by atoms with van der Waals surface area (Å²) in [6, 6.07) is 0. The summed E-state index contributed by atoms with van der Waals surface area (Å²) in [5, 5.41) is 9.61. The third-order valence-corrected chi connectivity index (χ3v) is 2.57. The van der Waals surface area contributed by atoms with E-state index >= 15 is 0 Å². The van der Waals surface area contributed by atoms with Crippen molar-refractivity contribution in [2.24, 2.45) is 13.0 Å². The summed E-state index contributed by atoms with van der Waals surface area (Å²) in [6.45, 7) is 0.435. The number of aromatic nitrogens is 2. The molecular weight excluding hydrogens is 168 g/mol. The second-order valence-electron chi connectivity index (χ2n) is 3.75. The van der Waals surface area contributed by atoms with Crippen LogP contribution < -0.4 is 5.69 Å². The molecule has 0 saturated heterocycles. The molecule has 0 spiro atoms. The fourth-order valence-corrected chi connectivity index (χ4v) is 1.48. The first-order valence-electron chi connectivity index (χ1n) is 4.58. The van der Waals surface area contributed by atoms with Gasteiger partial charge in [-0.3, -0.25) is 4.57 Å². The highest BCUT2D eigenvalue weighted by Crippen LogP contribution is 2.32. The van der Waals surface area contributed by atoms with Crippen molar-refractivity contribution in [1.82, 2.24) is 9.13 Å². The number of nitrogens with zero attached hydrogens (tertiary/aromatic N) is 2. The van der Waals surface area contributed by atoms with Gasteiger partial charge in [-0.15, -0.1) is 0 Å². The Labute approximate surface area is 76.4 Å². The predicted molar refractivity (Wildman–Crippen MR) is 48.4 cm³/mol. The molecule has 2 rings (SSSR count). The molecule has 0 amide bonds. The smallest absolute Gasteiger partial charge is 0.327 e. The van der Waals surface area contributed by atoms with Crippen LogP contribution in [0.5, 0.6) is 0 Å². The predicted octanol–water partition coefficient (Wildman–Crippen LogP) is -0.0423. The zero-order valence-corrected chi connectivity index (χ0v) is 7.68. The van der Waals surface area contributed by atoms with E-state index in [2.05, 4.69) is 0 Å². The lowest BCUT2D eigenvalue weighted by molar-refractivity contribution is 0.130. The molecule has 4 heteroatoms. The minimum absolute atomic E-state index is 0.0558. The SMILES string of the molecule is Cn1ccn(CC(O)C2CC2)c1=O. The Balaban J connectivity index is 2.08. The normalized spacial score (nSPS) is 18.9. The molecule has 1 N–H and O–H groups in total. The Kier molecular flexibility index (Phi) is 2.00. The van der Waals surface area contributed by atoms with Gasteiger partial charge in [0.2, 0.25) is 0 Å². The maximum atomic E-state index is 11.4. The van der Waals surface area contributed by atoms with Gasteiger partial charge in [0.05, 0.1) is 12.6 Å². The average molecular weight is 182 g/mol. The van der Waals surface area contributed by atoms with Crippen LogP contribution in [-0.2, 0) is 13.6 Å². The summed E-state index contributed by atoms with van der Waals surface area (Å²) >= 11 is 0. The first-order chi connectivity index (χ1) is 6.18. The summed E-state index contributed by atoms with van der Waals surface area (Å²) < 4.78 is 3.07. The molecule has 1 aromatic heterocycles. The van der Waals surface area contributed by atoms with Crippen LogP contribution in [0.3, 0.4) is 0 Å². The van der Waals surface area contributed by atoms with Crippen molar-refractivity contribution >= 4 is 0 Å². The first-order valence-corrected chi connectivity index (χ1v) is 4.58. The molecule has 1 aromatic rings. The zero-order chi connectivity index (χ0) is 9.42. The number of hydrogen-bond donors (Lipinski definition) is 1. The van der Waals surface area contributed by atoms with Crippen LogP contribution in [0.15, 0.2) is 17.2 Å². The number of rotatable bonds is 3. The second kappa shape index (κ2) is 3.03.